The fourth-order valence-corrected chi connectivity index (χ4v) is 3.76. The van der Waals surface area contributed by atoms with E-state index >= 15 is 0 Å². The molecule has 1 fully saturated rings. The zero-order valence-corrected chi connectivity index (χ0v) is 12.8. The molecule has 0 aromatic heterocycles. The van der Waals surface area contributed by atoms with Crippen LogP contribution in [0.3, 0.4) is 0 Å². The Bertz CT molecular complexity index is 672. The third-order valence-electron chi connectivity index (χ3n) is 3.43. The van der Waals surface area contributed by atoms with E-state index in [-0.39, 0.29) is 23.8 Å². The van der Waals surface area contributed by atoms with Crippen molar-refractivity contribution in [3.63, 3.8) is 0 Å². The first-order valence-corrected chi connectivity index (χ1v) is 8.56. The lowest BCUT2D eigenvalue weighted by Gasteiger charge is -2.13. The molecule has 2 N–H and O–H groups in total. The summed E-state index contributed by atoms with van der Waals surface area (Å²) in [5.74, 6) is -1.24. The predicted molar refractivity (Wildman–Crippen MR) is 80.1 cm³/mol. The molecular weight excluding hydrogens is 308 g/mol. The fourth-order valence-electron chi connectivity index (χ4n) is 2.29. The van der Waals surface area contributed by atoms with Gasteiger partial charge in [-0.2, -0.15) is 4.31 Å². The zero-order valence-electron chi connectivity index (χ0n) is 12.0. The smallest absolute Gasteiger partial charge is 0.335 e. The van der Waals surface area contributed by atoms with Gasteiger partial charge in [-0.15, -0.1) is 0 Å². The summed E-state index contributed by atoms with van der Waals surface area (Å²) in [5.41, 5.74) is 1.00. The third-order valence-corrected chi connectivity index (χ3v) is 5.34. The number of hydrogen-bond acceptors (Lipinski definition) is 4. The lowest BCUT2D eigenvalue weighted by Crippen LogP contribution is -2.38. The Morgan fingerprint density at radius 3 is 2.73 bits per heavy atom. The standard InChI is InChI=1S/C14H18N2O5S/c17-13(10-16-7-2-8-22(16,20)21)15-6-5-11-3-1-4-12(9-11)14(18)19/h1,3-4,9H,2,5-8,10H2,(H,15,17)(H,18,19). The maximum atomic E-state index is 11.7. The highest BCUT2D eigenvalue weighted by atomic mass is 32.2. The molecule has 0 radical (unpaired) electrons. The van der Waals surface area contributed by atoms with E-state index in [9.17, 15) is 18.0 Å². The second kappa shape index (κ2) is 6.89. The minimum absolute atomic E-state index is 0.0995. The largest absolute Gasteiger partial charge is 0.478 e. The number of carboxylic acid groups (broad SMARTS) is 1. The molecule has 0 atom stereocenters. The highest BCUT2D eigenvalue weighted by molar-refractivity contribution is 7.89. The van der Waals surface area contributed by atoms with Crippen molar-refractivity contribution in [3.05, 3.63) is 35.4 Å². The molecule has 1 aliphatic rings. The van der Waals surface area contributed by atoms with Crippen molar-refractivity contribution in [3.8, 4) is 0 Å². The number of carbonyl (C=O) groups is 2. The quantitative estimate of drug-likeness (QED) is 0.770. The van der Waals surface area contributed by atoms with Gasteiger partial charge in [0.1, 0.15) is 0 Å². The molecule has 22 heavy (non-hydrogen) atoms. The van der Waals surface area contributed by atoms with Gasteiger partial charge in [-0.1, -0.05) is 12.1 Å². The van der Waals surface area contributed by atoms with Crippen molar-refractivity contribution in [2.45, 2.75) is 12.8 Å². The van der Waals surface area contributed by atoms with Crippen LogP contribution in [-0.4, -0.2) is 55.1 Å². The number of amides is 1. The molecule has 1 amide bonds. The van der Waals surface area contributed by atoms with Crippen LogP contribution in [0.5, 0.6) is 0 Å². The molecule has 1 aromatic carbocycles. The van der Waals surface area contributed by atoms with E-state index in [2.05, 4.69) is 5.32 Å². The van der Waals surface area contributed by atoms with E-state index in [1.807, 2.05) is 0 Å². The number of aromatic carboxylic acids is 1. The SMILES string of the molecule is O=C(CN1CCCS1(=O)=O)NCCc1cccc(C(=O)O)c1. The Balaban J connectivity index is 1.80. The van der Waals surface area contributed by atoms with Crippen molar-refractivity contribution in [2.75, 3.05) is 25.4 Å². The van der Waals surface area contributed by atoms with E-state index in [0.717, 1.165) is 5.56 Å². The van der Waals surface area contributed by atoms with Gasteiger partial charge < -0.3 is 10.4 Å². The average molecular weight is 326 g/mol. The van der Waals surface area contributed by atoms with Crippen LogP contribution in [0.25, 0.3) is 0 Å². The summed E-state index contributed by atoms with van der Waals surface area (Å²) >= 11 is 0. The Hall–Kier alpha value is -1.93. The van der Waals surface area contributed by atoms with Gasteiger partial charge >= 0.3 is 5.97 Å². The van der Waals surface area contributed by atoms with Crippen LogP contribution in [0.2, 0.25) is 0 Å². The number of rotatable bonds is 6. The molecule has 2 rings (SSSR count). The predicted octanol–water partition coefficient (Wildman–Crippen LogP) is 0.0790. The summed E-state index contributed by atoms with van der Waals surface area (Å²) in [5, 5.41) is 11.6. The van der Waals surface area contributed by atoms with E-state index < -0.39 is 16.0 Å². The first-order chi connectivity index (χ1) is 10.4. The minimum Gasteiger partial charge on any atom is -0.478 e. The number of carbonyl (C=O) groups excluding carboxylic acids is 1. The van der Waals surface area contributed by atoms with E-state index in [4.69, 9.17) is 5.11 Å². The number of sulfonamides is 1. The van der Waals surface area contributed by atoms with Crippen molar-refractivity contribution < 1.29 is 23.1 Å². The summed E-state index contributed by atoms with van der Waals surface area (Å²) in [4.78, 5) is 22.6. The number of nitrogens with zero attached hydrogens (tertiary/aromatic N) is 1. The van der Waals surface area contributed by atoms with Crippen molar-refractivity contribution in [1.29, 1.82) is 0 Å². The van der Waals surface area contributed by atoms with Gasteiger partial charge in [0, 0.05) is 13.1 Å². The topological polar surface area (TPSA) is 104 Å². The molecular formula is C14H18N2O5S. The fraction of sp³-hybridized carbons (Fsp3) is 0.429. The second-order valence-electron chi connectivity index (χ2n) is 5.11. The highest BCUT2D eigenvalue weighted by Crippen LogP contribution is 2.12. The molecule has 120 valence electrons. The monoisotopic (exact) mass is 326 g/mol. The molecule has 0 spiro atoms. The number of hydrogen-bond donors (Lipinski definition) is 2. The normalized spacial score (nSPS) is 17.3. The summed E-state index contributed by atoms with van der Waals surface area (Å²) in [6.07, 6.45) is 1.04. The van der Waals surface area contributed by atoms with Gasteiger partial charge in [0.25, 0.3) is 0 Å². The van der Waals surface area contributed by atoms with Gasteiger partial charge in [0.05, 0.1) is 17.9 Å². The molecule has 1 heterocycles. The highest BCUT2D eigenvalue weighted by Gasteiger charge is 2.29. The molecule has 8 heteroatoms. The van der Waals surface area contributed by atoms with Gasteiger partial charge in [-0.25, -0.2) is 13.2 Å². The van der Waals surface area contributed by atoms with Gasteiger partial charge in [0.15, 0.2) is 0 Å². The number of carboxylic acids is 1. The lowest BCUT2D eigenvalue weighted by molar-refractivity contribution is -0.121. The van der Waals surface area contributed by atoms with Gasteiger partial charge in [0.2, 0.25) is 15.9 Å². The Morgan fingerprint density at radius 2 is 2.09 bits per heavy atom. The van der Waals surface area contributed by atoms with Crippen molar-refractivity contribution in [1.82, 2.24) is 9.62 Å². The first-order valence-electron chi connectivity index (χ1n) is 6.95. The lowest BCUT2D eigenvalue weighted by atomic mass is 10.1. The minimum atomic E-state index is -3.27. The summed E-state index contributed by atoms with van der Waals surface area (Å²) in [6, 6.07) is 6.49. The Kier molecular flexibility index (Phi) is 5.15. The van der Waals surface area contributed by atoms with E-state index in [1.165, 1.54) is 10.4 Å². The zero-order chi connectivity index (χ0) is 16.2. The molecule has 1 saturated heterocycles. The maximum Gasteiger partial charge on any atom is 0.335 e. The molecule has 1 aliphatic heterocycles. The first kappa shape index (κ1) is 16.4. The maximum absolute atomic E-state index is 11.7. The molecule has 7 nitrogen and oxygen atoms in total. The molecule has 0 aliphatic carbocycles. The van der Waals surface area contributed by atoms with Crippen LogP contribution in [0, 0.1) is 0 Å². The number of nitrogens with one attached hydrogen (secondary N) is 1. The molecule has 1 aromatic rings. The van der Waals surface area contributed by atoms with Crippen LogP contribution in [0.4, 0.5) is 0 Å². The van der Waals surface area contributed by atoms with Gasteiger partial charge in [-0.3, -0.25) is 4.79 Å². The Morgan fingerprint density at radius 1 is 1.32 bits per heavy atom. The molecule has 0 unspecified atom stereocenters. The summed E-state index contributed by atoms with van der Waals surface area (Å²) in [7, 11) is -3.27. The molecule has 0 bridgehead atoms. The van der Waals surface area contributed by atoms with Crippen molar-refractivity contribution >= 4 is 21.9 Å². The van der Waals surface area contributed by atoms with Crippen LogP contribution in [-0.2, 0) is 21.2 Å². The Labute approximate surface area is 129 Å². The molecule has 0 saturated carbocycles. The van der Waals surface area contributed by atoms with Crippen LogP contribution < -0.4 is 5.32 Å². The van der Waals surface area contributed by atoms with Crippen molar-refractivity contribution in [2.24, 2.45) is 0 Å². The van der Waals surface area contributed by atoms with Crippen LogP contribution in [0.1, 0.15) is 22.3 Å². The summed E-state index contributed by atoms with van der Waals surface area (Å²) < 4.78 is 24.4. The van der Waals surface area contributed by atoms with Crippen LogP contribution in [0.15, 0.2) is 24.3 Å². The van der Waals surface area contributed by atoms with E-state index in [0.29, 0.717) is 25.9 Å². The third kappa shape index (κ3) is 4.28. The number of benzene rings is 1. The van der Waals surface area contributed by atoms with Gasteiger partial charge in [-0.05, 0) is 30.5 Å². The van der Waals surface area contributed by atoms with Crippen LogP contribution >= 0.6 is 0 Å². The van der Waals surface area contributed by atoms with E-state index in [1.54, 1.807) is 18.2 Å². The second-order valence-corrected chi connectivity index (χ2v) is 7.20. The average Bonchev–Trinajstić information content (AvgIpc) is 2.78. The summed E-state index contributed by atoms with van der Waals surface area (Å²) in [6.45, 7) is 0.559.